The number of non-ortho nitro benzene ring substituents is 1. The van der Waals surface area contributed by atoms with Gasteiger partial charge in [0.2, 0.25) is 0 Å². The van der Waals surface area contributed by atoms with E-state index in [0.29, 0.717) is 0 Å². The Bertz CT molecular complexity index is 589. The topological polar surface area (TPSA) is 43.1 Å². The molecule has 0 saturated carbocycles. The minimum atomic E-state index is -0.394. The van der Waals surface area contributed by atoms with Crippen LogP contribution in [0.4, 0.5) is 5.69 Å². The Labute approximate surface area is 116 Å². The number of thioether (sulfide) groups is 1. The molecular weight excluding hydrogens is 258 g/mol. The molecule has 0 aromatic heterocycles. The van der Waals surface area contributed by atoms with E-state index in [1.807, 2.05) is 30.5 Å². The molecule has 0 aliphatic heterocycles. The lowest BCUT2D eigenvalue weighted by molar-refractivity contribution is -0.384. The second kappa shape index (κ2) is 6.20. The first-order chi connectivity index (χ1) is 9.19. The van der Waals surface area contributed by atoms with Crippen molar-refractivity contribution in [2.24, 2.45) is 0 Å². The molecule has 19 heavy (non-hydrogen) atoms. The monoisotopic (exact) mass is 271 g/mol. The van der Waals surface area contributed by atoms with E-state index in [2.05, 4.69) is 12.1 Å². The first-order valence-corrected chi connectivity index (χ1v) is 6.98. The van der Waals surface area contributed by atoms with E-state index >= 15 is 0 Å². The van der Waals surface area contributed by atoms with Crippen LogP contribution in [0.25, 0.3) is 12.2 Å². The zero-order valence-electron chi connectivity index (χ0n) is 10.4. The molecule has 0 spiro atoms. The lowest BCUT2D eigenvalue weighted by Gasteiger charge is -1.97. The fraction of sp³-hybridized carbons (Fsp3) is 0.0667. The van der Waals surface area contributed by atoms with Gasteiger partial charge in [-0.3, -0.25) is 10.1 Å². The van der Waals surface area contributed by atoms with E-state index in [4.69, 9.17) is 0 Å². The minimum absolute atomic E-state index is 0.112. The van der Waals surface area contributed by atoms with Crippen molar-refractivity contribution >= 4 is 29.6 Å². The zero-order valence-corrected chi connectivity index (χ0v) is 11.3. The normalized spacial score (nSPS) is 10.8. The van der Waals surface area contributed by atoms with Crippen molar-refractivity contribution in [3.8, 4) is 0 Å². The molecule has 0 heterocycles. The predicted octanol–water partition coefficient (Wildman–Crippen LogP) is 4.49. The van der Waals surface area contributed by atoms with Gasteiger partial charge in [0.25, 0.3) is 5.69 Å². The second-order valence-corrected chi connectivity index (χ2v) is 4.83. The summed E-state index contributed by atoms with van der Waals surface area (Å²) in [7, 11) is 0. The molecule has 0 N–H and O–H groups in total. The highest BCUT2D eigenvalue weighted by Crippen LogP contribution is 2.17. The SMILES string of the molecule is CSc1ccc(/C=C/c2ccc([N+](=O)[O-])cc2)cc1. The van der Waals surface area contributed by atoms with Crippen molar-refractivity contribution in [2.75, 3.05) is 6.26 Å². The average molecular weight is 271 g/mol. The number of hydrogen-bond acceptors (Lipinski definition) is 3. The van der Waals surface area contributed by atoms with E-state index in [-0.39, 0.29) is 5.69 Å². The summed E-state index contributed by atoms with van der Waals surface area (Å²) in [6, 6.07) is 14.7. The Morgan fingerprint density at radius 3 is 1.84 bits per heavy atom. The Hall–Kier alpha value is -2.07. The summed E-state index contributed by atoms with van der Waals surface area (Å²) < 4.78 is 0. The van der Waals surface area contributed by atoms with Crippen LogP contribution in [-0.4, -0.2) is 11.2 Å². The van der Waals surface area contributed by atoms with Crippen LogP contribution in [0.15, 0.2) is 53.4 Å². The van der Waals surface area contributed by atoms with Crippen LogP contribution in [-0.2, 0) is 0 Å². The third-order valence-corrected chi connectivity index (χ3v) is 3.43. The minimum Gasteiger partial charge on any atom is -0.258 e. The van der Waals surface area contributed by atoms with Crippen molar-refractivity contribution < 1.29 is 4.92 Å². The van der Waals surface area contributed by atoms with Crippen molar-refractivity contribution in [1.82, 2.24) is 0 Å². The number of hydrogen-bond donors (Lipinski definition) is 0. The fourth-order valence-electron chi connectivity index (χ4n) is 1.61. The first kappa shape index (κ1) is 13.4. The molecule has 96 valence electrons. The molecule has 0 bridgehead atoms. The highest BCUT2D eigenvalue weighted by molar-refractivity contribution is 7.98. The van der Waals surface area contributed by atoms with Crippen LogP contribution in [0.5, 0.6) is 0 Å². The lowest BCUT2D eigenvalue weighted by atomic mass is 10.1. The van der Waals surface area contributed by atoms with Gasteiger partial charge < -0.3 is 0 Å². The molecule has 0 aliphatic rings. The molecule has 4 heteroatoms. The molecule has 3 nitrogen and oxygen atoms in total. The van der Waals surface area contributed by atoms with Gasteiger partial charge >= 0.3 is 0 Å². The van der Waals surface area contributed by atoms with Crippen molar-refractivity contribution in [1.29, 1.82) is 0 Å². The van der Waals surface area contributed by atoms with E-state index in [0.717, 1.165) is 11.1 Å². The van der Waals surface area contributed by atoms with Crippen LogP contribution in [0.3, 0.4) is 0 Å². The molecule has 0 unspecified atom stereocenters. The van der Waals surface area contributed by atoms with Crippen molar-refractivity contribution in [3.63, 3.8) is 0 Å². The fourth-order valence-corrected chi connectivity index (χ4v) is 2.02. The van der Waals surface area contributed by atoms with E-state index < -0.39 is 4.92 Å². The predicted molar refractivity (Wildman–Crippen MR) is 80.2 cm³/mol. The number of benzene rings is 2. The number of nitro groups is 1. The molecule has 0 saturated heterocycles. The number of nitro benzene ring substituents is 1. The maximum Gasteiger partial charge on any atom is 0.269 e. The van der Waals surface area contributed by atoms with Crippen LogP contribution in [0, 0.1) is 10.1 Å². The highest BCUT2D eigenvalue weighted by atomic mass is 32.2. The number of rotatable bonds is 4. The summed E-state index contributed by atoms with van der Waals surface area (Å²) in [6.07, 6.45) is 5.98. The molecule has 0 atom stereocenters. The molecule has 0 aliphatic carbocycles. The summed E-state index contributed by atoms with van der Waals surface area (Å²) in [5.74, 6) is 0. The summed E-state index contributed by atoms with van der Waals surface area (Å²) in [6.45, 7) is 0. The van der Waals surface area contributed by atoms with Crippen molar-refractivity contribution in [2.45, 2.75) is 4.90 Å². The van der Waals surface area contributed by atoms with Crippen LogP contribution in [0.1, 0.15) is 11.1 Å². The first-order valence-electron chi connectivity index (χ1n) is 5.75. The summed E-state index contributed by atoms with van der Waals surface area (Å²) in [4.78, 5) is 11.4. The maximum absolute atomic E-state index is 10.5. The van der Waals surface area contributed by atoms with Crippen LogP contribution < -0.4 is 0 Å². The molecule has 0 radical (unpaired) electrons. The summed E-state index contributed by atoms with van der Waals surface area (Å²) in [5.41, 5.74) is 2.16. The van der Waals surface area contributed by atoms with E-state index in [9.17, 15) is 10.1 Å². The van der Waals surface area contributed by atoms with Gasteiger partial charge in [-0.1, -0.05) is 24.3 Å². The molecule has 0 fully saturated rings. The molecular formula is C15H13NO2S. The Morgan fingerprint density at radius 2 is 1.42 bits per heavy atom. The molecule has 2 aromatic rings. The standard InChI is InChI=1S/C15H13NO2S/c1-19-15-10-6-13(7-11-15)3-2-12-4-8-14(9-5-12)16(17)18/h2-11H,1H3/b3-2+. The Morgan fingerprint density at radius 1 is 0.947 bits per heavy atom. The molecule has 2 rings (SSSR count). The van der Waals surface area contributed by atoms with Gasteiger partial charge in [0.05, 0.1) is 4.92 Å². The molecule has 2 aromatic carbocycles. The third kappa shape index (κ3) is 3.69. The quantitative estimate of drug-likeness (QED) is 0.356. The van der Waals surface area contributed by atoms with Gasteiger partial charge in [-0.15, -0.1) is 11.8 Å². The lowest BCUT2D eigenvalue weighted by Crippen LogP contribution is -1.86. The van der Waals surface area contributed by atoms with Crippen molar-refractivity contribution in [3.05, 3.63) is 69.8 Å². The maximum atomic E-state index is 10.5. The zero-order chi connectivity index (χ0) is 13.7. The smallest absolute Gasteiger partial charge is 0.258 e. The van der Waals surface area contributed by atoms with Gasteiger partial charge in [-0.2, -0.15) is 0 Å². The second-order valence-electron chi connectivity index (χ2n) is 3.96. The van der Waals surface area contributed by atoms with Gasteiger partial charge in [0, 0.05) is 17.0 Å². The highest BCUT2D eigenvalue weighted by Gasteiger charge is 2.01. The van der Waals surface area contributed by atoms with Crippen LogP contribution >= 0.6 is 11.8 Å². The van der Waals surface area contributed by atoms with E-state index in [1.165, 1.54) is 17.0 Å². The van der Waals surface area contributed by atoms with Gasteiger partial charge in [0.1, 0.15) is 0 Å². The largest absolute Gasteiger partial charge is 0.269 e. The summed E-state index contributed by atoms with van der Waals surface area (Å²) >= 11 is 1.71. The summed E-state index contributed by atoms with van der Waals surface area (Å²) in [5, 5.41) is 10.5. The third-order valence-electron chi connectivity index (χ3n) is 2.69. The number of nitrogens with zero attached hydrogens (tertiary/aromatic N) is 1. The van der Waals surface area contributed by atoms with E-state index in [1.54, 1.807) is 23.9 Å². The molecule has 0 amide bonds. The van der Waals surface area contributed by atoms with Gasteiger partial charge in [0.15, 0.2) is 0 Å². The Balaban J connectivity index is 2.10. The van der Waals surface area contributed by atoms with Gasteiger partial charge in [-0.25, -0.2) is 0 Å². The average Bonchev–Trinajstić information content (AvgIpc) is 2.46. The van der Waals surface area contributed by atoms with Gasteiger partial charge in [-0.05, 0) is 41.6 Å². The van der Waals surface area contributed by atoms with Crippen LogP contribution in [0.2, 0.25) is 0 Å². The Kier molecular flexibility index (Phi) is 4.36.